The Kier molecular flexibility index (Phi) is 5.52. The van der Waals surface area contributed by atoms with Crippen molar-refractivity contribution >= 4 is 11.8 Å². The minimum atomic E-state index is -1.43. The topological polar surface area (TPSA) is 73.6 Å². The van der Waals surface area contributed by atoms with E-state index < -0.39 is 11.4 Å². The largest absolute Gasteiger partial charge is 0.364 e. The van der Waals surface area contributed by atoms with Crippen molar-refractivity contribution in [1.29, 1.82) is 5.26 Å². The van der Waals surface area contributed by atoms with E-state index in [0.717, 1.165) is 0 Å². The maximum Gasteiger partial charge on any atom is 0.259 e. The number of halogens is 1. The number of carbonyl (C=O) groups excluding carboxylic acids is 2. The van der Waals surface area contributed by atoms with Crippen molar-refractivity contribution in [2.24, 2.45) is 0 Å². The maximum absolute atomic E-state index is 14.1. The normalized spacial score (nSPS) is 17.1. The molecule has 0 saturated carbocycles. The molecule has 0 radical (unpaired) electrons. The number of rotatable bonds is 4. The van der Waals surface area contributed by atoms with Gasteiger partial charge in [-0.15, -0.1) is 0 Å². The summed E-state index contributed by atoms with van der Waals surface area (Å²) >= 11 is 0. The van der Waals surface area contributed by atoms with Gasteiger partial charge < -0.3 is 14.5 Å². The van der Waals surface area contributed by atoms with Crippen LogP contribution in [0.2, 0.25) is 0 Å². The summed E-state index contributed by atoms with van der Waals surface area (Å²) in [4.78, 5) is 27.7. The Morgan fingerprint density at radius 3 is 2.38 bits per heavy atom. The minimum absolute atomic E-state index is 0.168. The highest BCUT2D eigenvalue weighted by Gasteiger charge is 2.41. The summed E-state index contributed by atoms with van der Waals surface area (Å²) in [6.07, 6.45) is -0.168. The molecule has 128 valence electrons. The number of hydrogen-bond donors (Lipinski definition) is 0. The average molecular weight is 333 g/mol. The molecule has 7 heteroatoms. The fourth-order valence-electron chi connectivity index (χ4n) is 2.80. The van der Waals surface area contributed by atoms with Crippen LogP contribution in [0.3, 0.4) is 0 Å². The van der Waals surface area contributed by atoms with Crippen LogP contribution in [-0.2, 0) is 19.9 Å². The third-order valence-electron chi connectivity index (χ3n) is 4.35. The molecule has 1 unspecified atom stereocenters. The Morgan fingerprint density at radius 1 is 1.25 bits per heavy atom. The minimum Gasteiger partial charge on any atom is -0.364 e. The van der Waals surface area contributed by atoms with Crippen LogP contribution in [0.4, 0.5) is 4.39 Å². The lowest BCUT2D eigenvalue weighted by Gasteiger charge is -2.39. The molecular formula is C17H20FN3O3. The number of benzene rings is 1. The Bertz CT molecular complexity index is 665. The molecule has 1 aliphatic rings. The first kappa shape index (κ1) is 17.9. The van der Waals surface area contributed by atoms with Gasteiger partial charge in [0, 0.05) is 38.9 Å². The van der Waals surface area contributed by atoms with E-state index in [0.29, 0.717) is 26.2 Å². The summed E-state index contributed by atoms with van der Waals surface area (Å²) in [5, 5.41) is 8.58. The predicted octanol–water partition coefficient (Wildman–Crippen LogP) is 1.27. The Hall–Kier alpha value is -2.46. The maximum atomic E-state index is 14.1. The van der Waals surface area contributed by atoms with Gasteiger partial charge in [0.2, 0.25) is 5.91 Å². The number of amides is 2. The van der Waals surface area contributed by atoms with E-state index in [1.807, 2.05) is 6.07 Å². The molecule has 1 atom stereocenters. The number of nitriles is 1. The van der Waals surface area contributed by atoms with Crippen LogP contribution < -0.4 is 0 Å². The molecule has 0 aromatic heterocycles. The van der Waals surface area contributed by atoms with Crippen molar-refractivity contribution in [3.63, 3.8) is 0 Å². The van der Waals surface area contributed by atoms with Crippen molar-refractivity contribution < 1.29 is 18.7 Å². The molecule has 24 heavy (non-hydrogen) atoms. The lowest BCUT2D eigenvalue weighted by atomic mass is 9.93. The monoisotopic (exact) mass is 333 g/mol. The molecule has 0 N–H and O–H groups in total. The summed E-state index contributed by atoms with van der Waals surface area (Å²) in [6, 6.07) is 7.86. The van der Waals surface area contributed by atoms with E-state index in [1.54, 1.807) is 28.9 Å². The van der Waals surface area contributed by atoms with E-state index in [1.165, 1.54) is 19.2 Å². The van der Waals surface area contributed by atoms with Gasteiger partial charge in [0.05, 0.1) is 6.07 Å². The van der Waals surface area contributed by atoms with Crippen LogP contribution in [0.5, 0.6) is 0 Å². The van der Waals surface area contributed by atoms with Gasteiger partial charge in [-0.3, -0.25) is 9.59 Å². The smallest absolute Gasteiger partial charge is 0.259 e. The zero-order valence-electron chi connectivity index (χ0n) is 13.8. The van der Waals surface area contributed by atoms with Crippen LogP contribution >= 0.6 is 0 Å². The second-order valence-corrected chi connectivity index (χ2v) is 5.73. The summed E-state index contributed by atoms with van der Waals surface area (Å²) in [6.45, 7) is 2.89. The highest BCUT2D eigenvalue weighted by molar-refractivity contribution is 5.87. The first-order valence-corrected chi connectivity index (χ1v) is 7.68. The van der Waals surface area contributed by atoms with Crippen LogP contribution in [-0.4, -0.2) is 54.9 Å². The molecule has 1 aliphatic heterocycles. The summed E-state index contributed by atoms with van der Waals surface area (Å²) < 4.78 is 19.5. The lowest BCUT2D eigenvalue weighted by molar-refractivity contribution is -0.157. The van der Waals surface area contributed by atoms with Crippen molar-refractivity contribution in [2.45, 2.75) is 18.9 Å². The van der Waals surface area contributed by atoms with Crippen molar-refractivity contribution in [3.8, 4) is 6.07 Å². The first-order chi connectivity index (χ1) is 11.4. The number of nitrogens with zero attached hydrogens (tertiary/aromatic N) is 3. The quantitative estimate of drug-likeness (QED) is 0.832. The van der Waals surface area contributed by atoms with Gasteiger partial charge in [-0.05, 0) is 13.0 Å². The number of ether oxygens (including phenoxy) is 1. The van der Waals surface area contributed by atoms with Gasteiger partial charge in [-0.25, -0.2) is 4.39 Å². The molecule has 0 aliphatic carbocycles. The second-order valence-electron chi connectivity index (χ2n) is 5.73. The van der Waals surface area contributed by atoms with Gasteiger partial charge in [0.25, 0.3) is 5.91 Å². The number of methoxy groups -OCH3 is 1. The van der Waals surface area contributed by atoms with E-state index in [4.69, 9.17) is 10.00 Å². The van der Waals surface area contributed by atoms with Crippen LogP contribution in [0.15, 0.2) is 24.3 Å². The summed E-state index contributed by atoms with van der Waals surface area (Å²) in [5.41, 5.74) is -1.25. The zero-order chi connectivity index (χ0) is 17.7. The molecule has 1 heterocycles. The van der Waals surface area contributed by atoms with E-state index >= 15 is 0 Å². The van der Waals surface area contributed by atoms with E-state index in [-0.39, 0.29) is 23.8 Å². The summed E-state index contributed by atoms with van der Waals surface area (Å²) in [5.74, 6) is -1.09. The molecule has 1 fully saturated rings. The standard InChI is InChI=1S/C17H20FN3O3/c1-17(24-2,13-5-3-4-6-14(13)18)16(23)21-11-9-20(10-12-21)15(22)7-8-19/h3-6H,7,9-12H2,1-2H3. The molecule has 2 rings (SSSR count). The van der Waals surface area contributed by atoms with Gasteiger partial charge >= 0.3 is 0 Å². The fraction of sp³-hybridized carbons (Fsp3) is 0.471. The second kappa shape index (κ2) is 7.41. The Labute approximate surface area is 140 Å². The average Bonchev–Trinajstić information content (AvgIpc) is 2.61. The molecular weight excluding hydrogens is 313 g/mol. The highest BCUT2D eigenvalue weighted by atomic mass is 19.1. The van der Waals surface area contributed by atoms with Crippen LogP contribution in [0.25, 0.3) is 0 Å². The number of hydrogen-bond acceptors (Lipinski definition) is 4. The van der Waals surface area contributed by atoms with Gasteiger partial charge in [-0.2, -0.15) is 5.26 Å². The van der Waals surface area contributed by atoms with Crippen molar-refractivity contribution in [1.82, 2.24) is 9.80 Å². The van der Waals surface area contributed by atoms with Crippen LogP contribution in [0.1, 0.15) is 18.9 Å². The highest BCUT2D eigenvalue weighted by Crippen LogP contribution is 2.29. The zero-order valence-corrected chi connectivity index (χ0v) is 13.8. The van der Waals surface area contributed by atoms with Crippen molar-refractivity contribution in [3.05, 3.63) is 35.6 Å². The number of carbonyl (C=O) groups is 2. The Morgan fingerprint density at radius 2 is 1.83 bits per heavy atom. The third kappa shape index (κ3) is 3.39. The molecule has 1 saturated heterocycles. The first-order valence-electron chi connectivity index (χ1n) is 7.68. The molecule has 0 spiro atoms. The lowest BCUT2D eigenvalue weighted by Crippen LogP contribution is -2.55. The molecule has 6 nitrogen and oxygen atoms in total. The molecule has 2 amide bonds. The molecule has 1 aromatic rings. The SMILES string of the molecule is COC(C)(C(=O)N1CCN(C(=O)CC#N)CC1)c1ccccc1F. The Balaban J connectivity index is 2.12. The van der Waals surface area contributed by atoms with E-state index in [9.17, 15) is 14.0 Å². The fourth-order valence-corrected chi connectivity index (χ4v) is 2.80. The third-order valence-corrected chi connectivity index (χ3v) is 4.35. The van der Waals surface area contributed by atoms with Crippen molar-refractivity contribution in [2.75, 3.05) is 33.3 Å². The van der Waals surface area contributed by atoms with Gasteiger partial charge in [-0.1, -0.05) is 18.2 Å². The summed E-state index contributed by atoms with van der Waals surface area (Å²) in [7, 11) is 1.37. The molecule has 1 aromatic carbocycles. The van der Waals surface area contributed by atoms with Crippen LogP contribution in [0, 0.1) is 17.1 Å². The predicted molar refractivity (Wildman–Crippen MR) is 84.2 cm³/mol. The van der Waals surface area contributed by atoms with Gasteiger partial charge in [0.1, 0.15) is 12.2 Å². The number of piperazine rings is 1. The molecule has 0 bridgehead atoms. The van der Waals surface area contributed by atoms with Gasteiger partial charge in [0.15, 0.2) is 5.60 Å². The van der Waals surface area contributed by atoms with E-state index in [2.05, 4.69) is 0 Å².